The van der Waals surface area contributed by atoms with Gasteiger partial charge in [-0.2, -0.15) is 0 Å². The fraction of sp³-hybridized carbons (Fsp3) is 0. The molecule has 1 heterocycles. The van der Waals surface area contributed by atoms with Gasteiger partial charge >= 0.3 is 0 Å². The molecule has 4 heteroatoms. The Kier molecular flexibility index (Phi) is 3.05. The van der Waals surface area contributed by atoms with Crippen LogP contribution in [0, 0.1) is 0 Å². The van der Waals surface area contributed by atoms with Crippen LogP contribution in [-0.2, 0) is 0 Å². The number of benzene rings is 2. The molecule has 20 heavy (non-hydrogen) atoms. The Labute approximate surface area is 117 Å². The van der Waals surface area contributed by atoms with Crippen molar-refractivity contribution in [1.29, 1.82) is 0 Å². The first kappa shape index (κ1) is 12.2. The lowest BCUT2D eigenvalue weighted by Gasteiger charge is -2.07. The molecule has 0 bridgehead atoms. The van der Waals surface area contributed by atoms with Crippen molar-refractivity contribution in [3.63, 3.8) is 0 Å². The van der Waals surface area contributed by atoms with E-state index in [0.717, 1.165) is 16.7 Å². The van der Waals surface area contributed by atoms with Gasteiger partial charge in [0, 0.05) is 40.5 Å². The third kappa shape index (κ3) is 2.19. The molecule has 0 amide bonds. The highest BCUT2D eigenvalue weighted by Crippen LogP contribution is 2.26. The average molecular weight is 262 g/mol. The van der Waals surface area contributed by atoms with Crippen LogP contribution in [0.3, 0.4) is 0 Å². The van der Waals surface area contributed by atoms with Gasteiger partial charge in [-0.25, -0.2) is 9.97 Å². The van der Waals surface area contributed by atoms with Crippen LogP contribution in [0.1, 0.15) is 0 Å². The van der Waals surface area contributed by atoms with E-state index in [-0.39, 0.29) is 0 Å². The molecular formula is C16H14N4. The van der Waals surface area contributed by atoms with Crippen molar-refractivity contribution in [3.05, 3.63) is 60.9 Å². The van der Waals surface area contributed by atoms with Crippen LogP contribution >= 0.6 is 0 Å². The van der Waals surface area contributed by atoms with E-state index in [2.05, 4.69) is 9.97 Å². The maximum absolute atomic E-state index is 5.95. The Morgan fingerprint density at radius 2 is 1.15 bits per heavy atom. The number of anilines is 2. The molecule has 1 aromatic heterocycles. The van der Waals surface area contributed by atoms with Crippen molar-refractivity contribution in [2.75, 3.05) is 11.5 Å². The molecule has 0 saturated carbocycles. The van der Waals surface area contributed by atoms with Gasteiger partial charge < -0.3 is 11.5 Å². The van der Waals surface area contributed by atoms with E-state index in [4.69, 9.17) is 11.5 Å². The lowest BCUT2D eigenvalue weighted by Crippen LogP contribution is -1.95. The first-order chi connectivity index (χ1) is 9.75. The second-order valence-corrected chi connectivity index (χ2v) is 4.47. The smallest absolute Gasteiger partial charge is 0.161 e. The van der Waals surface area contributed by atoms with Crippen LogP contribution in [0.25, 0.3) is 22.5 Å². The third-order valence-corrected chi connectivity index (χ3v) is 3.13. The van der Waals surface area contributed by atoms with Gasteiger partial charge in [-0.15, -0.1) is 0 Å². The van der Waals surface area contributed by atoms with E-state index in [9.17, 15) is 0 Å². The van der Waals surface area contributed by atoms with Gasteiger partial charge in [0.15, 0.2) is 5.82 Å². The normalized spacial score (nSPS) is 10.4. The van der Waals surface area contributed by atoms with Gasteiger partial charge in [-0.3, -0.25) is 0 Å². The first-order valence-corrected chi connectivity index (χ1v) is 6.27. The average Bonchev–Trinajstić information content (AvgIpc) is 2.49. The van der Waals surface area contributed by atoms with Crippen molar-refractivity contribution >= 4 is 11.4 Å². The Morgan fingerprint density at radius 1 is 0.650 bits per heavy atom. The van der Waals surface area contributed by atoms with Crippen LogP contribution in [0.2, 0.25) is 0 Å². The van der Waals surface area contributed by atoms with Crippen molar-refractivity contribution in [2.45, 2.75) is 0 Å². The monoisotopic (exact) mass is 262 g/mol. The van der Waals surface area contributed by atoms with E-state index in [1.54, 1.807) is 12.4 Å². The summed E-state index contributed by atoms with van der Waals surface area (Å²) in [5, 5.41) is 0. The number of nitrogen functional groups attached to an aromatic ring is 2. The number of hydrogen-bond acceptors (Lipinski definition) is 4. The van der Waals surface area contributed by atoms with Crippen molar-refractivity contribution in [3.8, 4) is 22.5 Å². The quantitative estimate of drug-likeness (QED) is 0.696. The molecule has 4 N–H and O–H groups in total. The Hall–Kier alpha value is -2.88. The fourth-order valence-electron chi connectivity index (χ4n) is 2.07. The zero-order valence-electron chi connectivity index (χ0n) is 10.8. The molecule has 0 radical (unpaired) electrons. The highest BCUT2D eigenvalue weighted by atomic mass is 14.9. The predicted octanol–water partition coefficient (Wildman–Crippen LogP) is 2.98. The topological polar surface area (TPSA) is 77.8 Å². The number of rotatable bonds is 2. The first-order valence-electron chi connectivity index (χ1n) is 6.27. The van der Waals surface area contributed by atoms with Gasteiger partial charge in [-0.05, 0) is 18.2 Å². The minimum absolute atomic E-state index is 0.612. The SMILES string of the molecule is Nc1ccccc1-c1cnc(-c2ccccc2N)nc1. The van der Waals surface area contributed by atoms with Gasteiger partial charge in [-0.1, -0.05) is 30.3 Å². The molecule has 3 rings (SSSR count). The zero-order chi connectivity index (χ0) is 13.9. The molecule has 0 aliphatic rings. The summed E-state index contributed by atoms with van der Waals surface area (Å²) in [6, 6.07) is 15.2. The standard InChI is InChI=1S/C16H14N4/c17-14-7-3-1-5-12(14)11-9-19-16(20-10-11)13-6-2-4-8-15(13)18/h1-10H,17-18H2. The van der Waals surface area contributed by atoms with Crippen LogP contribution in [0.15, 0.2) is 60.9 Å². The molecule has 0 aliphatic heterocycles. The summed E-state index contributed by atoms with van der Waals surface area (Å²) in [5.74, 6) is 0.612. The van der Waals surface area contributed by atoms with Crippen molar-refractivity contribution in [1.82, 2.24) is 9.97 Å². The van der Waals surface area contributed by atoms with Crippen LogP contribution in [-0.4, -0.2) is 9.97 Å². The second kappa shape index (κ2) is 5.01. The highest BCUT2D eigenvalue weighted by molar-refractivity contribution is 5.76. The van der Waals surface area contributed by atoms with E-state index >= 15 is 0 Å². The highest BCUT2D eigenvalue weighted by Gasteiger charge is 2.07. The predicted molar refractivity (Wildman–Crippen MR) is 81.7 cm³/mol. The molecule has 98 valence electrons. The van der Waals surface area contributed by atoms with Gasteiger partial charge in [0.05, 0.1) is 0 Å². The second-order valence-electron chi connectivity index (χ2n) is 4.47. The Morgan fingerprint density at radius 3 is 1.70 bits per heavy atom. The van der Waals surface area contributed by atoms with Crippen LogP contribution in [0.4, 0.5) is 11.4 Å². The molecule has 0 saturated heterocycles. The number of hydrogen-bond donors (Lipinski definition) is 2. The number of aromatic nitrogens is 2. The fourth-order valence-corrected chi connectivity index (χ4v) is 2.07. The maximum atomic E-state index is 5.95. The van der Waals surface area contributed by atoms with Gasteiger partial charge in [0.1, 0.15) is 0 Å². The number of nitrogens with zero attached hydrogens (tertiary/aromatic N) is 2. The molecule has 0 spiro atoms. The maximum Gasteiger partial charge on any atom is 0.161 e. The largest absolute Gasteiger partial charge is 0.398 e. The molecule has 4 nitrogen and oxygen atoms in total. The minimum Gasteiger partial charge on any atom is -0.398 e. The van der Waals surface area contributed by atoms with Crippen molar-refractivity contribution < 1.29 is 0 Å². The van der Waals surface area contributed by atoms with E-state index in [1.165, 1.54) is 0 Å². The summed E-state index contributed by atoms with van der Waals surface area (Å²) in [5.41, 5.74) is 15.9. The third-order valence-electron chi connectivity index (χ3n) is 3.13. The Balaban J connectivity index is 2.01. The number of para-hydroxylation sites is 2. The summed E-state index contributed by atoms with van der Waals surface area (Å²) in [6.07, 6.45) is 3.53. The van der Waals surface area contributed by atoms with Crippen LogP contribution in [0.5, 0.6) is 0 Å². The molecule has 3 aromatic rings. The number of nitrogens with two attached hydrogens (primary N) is 2. The summed E-state index contributed by atoms with van der Waals surface area (Å²) in [6.45, 7) is 0. The van der Waals surface area contributed by atoms with E-state index in [1.807, 2.05) is 48.5 Å². The lowest BCUT2D eigenvalue weighted by molar-refractivity contribution is 1.18. The summed E-state index contributed by atoms with van der Waals surface area (Å²) < 4.78 is 0. The van der Waals surface area contributed by atoms with Gasteiger partial charge in [0.25, 0.3) is 0 Å². The summed E-state index contributed by atoms with van der Waals surface area (Å²) in [7, 11) is 0. The molecule has 2 aromatic carbocycles. The van der Waals surface area contributed by atoms with E-state index < -0.39 is 0 Å². The minimum atomic E-state index is 0.612. The molecule has 0 fully saturated rings. The van der Waals surface area contributed by atoms with Crippen molar-refractivity contribution in [2.24, 2.45) is 0 Å². The van der Waals surface area contributed by atoms with E-state index in [0.29, 0.717) is 17.2 Å². The molecule has 0 aliphatic carbocycles. The van der Waals surface area contributed by atoms with Gasteiger partial charge in [0.2, 0.25) is 0 Å². The Bertz CT molecular complexity index is 671. The molecule has 0 atom stereocenters. The zero-order valence-corrected chi connectivity index (χ0v) is 10.8. The summed E-state index contributed by atoms with van der Waals surface area (Å²) >= 11 is 0. The molecular weight excluding hydrogens is 248 g/mol. The lowest BCUT2D eigenvalue weighted by atomic mass is 10.1. The summed E-state index contributed by atoms with van der Waals surface area (Å²) in [4.78, 5) is 8.76. The van der Waals surface area contributed by atoms with Crippen LogP contribution < -0.4 is 11.5 Å². The molecule has 0 unspecified atom stereocenters.